The molecule has 2 atom stereocenters. The molecule has 110 valence electrons. The van der Waals surface area contributed by atoms with Gasteiger partial charge >= 0.3 is 19.1 Å². The van der Waals surface area contributed by atoms with Gasteiger partial charge in [-0.15, -0.1) is 5.73 Å². The third kappa shape index (κ3) is 4.52. The molecule has 0 aromatic carbocycles. The van der Waals surface area contributed by atoms with Crippen LogP contribution in [0.15, 0.2) is 18.3 Å². The van der Waals surface area contributed by atoms with Crippen LogP contribution in [0.3, 0.4) is 0 Å². The SMILES string of the molecule is C=C=CB1O[C@H](C(=O)OC(C)C)[C@@H](C(=O)OC(C)C)O1. The van der Waals surface area contributed by atoms with Gasteiger partial charge in [0.15, 0.2) is 12.2 Å². The molecule has 0 bridgehead atoms. The first kappa shape index (κ1) is 16.5. The van der Waals surface area contributed by atoms with Gasteiger partial charge in [-0.1, -0.05) is 6.58 Å². The van der Waals surface area contributed by atoms with Crippen molar-refractivity contribution in [2.24, 2.45) is 0 Å². The fourth-order valence-electron chi connectivity index (χ4n) is 1.60. The summed E-state index contributed by atoms with van der Waals surface area (Å²) in [7, 11) is -0.873. The standard InChI is InChI=1S/C13H19BO6/c1-6-7-14-19-10(12(15)17-8(2)3)11(20-14)13(16)18-9(4)5/h7-11H,1H2,2-5H3/t10-,11-/m0/s1. The third-order valence-electron chi connectivity index (χ3n) is 2.26. The summed E-state index contributed by atoms with van der Waals surface area (Å²) in [4.78, 5) is 23.8. The number of ether oxygens (including phenoxy) is 2. The summed E-state index contributed by atoms with van der Waals surface area (Å²) in [6, 6.07) is 0. The molecule has 0 aromatic rings. The van der Waals surface area contributed by atoms with Crippen LogP contribution in [0.4, 0.5) is 0 Å². The van der Waals surface area contributed by atoms with Crippen LogP contribution in [0.25, 0.3) is 0 Å². The van der Waals surface area contributed by atoms with E-state index in [0.717, 1.165) is 0 Å². The highest BCUT2D eigenvalue weighted by Crippen LogP contribution is 2.21. The van der Waals surface area contributed by atoms with E-state index in [4.69, 9.17) is 18.8 Å². The lowest BCUT2D eigenvalue weighted by Crippen LogP contribution is -2.40. The predicted octanol–water partition coefficient (Wildman–Crippen LogP) is 1.04. The van der Waals surface area contributed by atoms with Gasteiger partial charge < -0.3 is 18.8 Å². The average molecular weight is 282 g/mol. The largest absolute Gasteiger partial charge is 0.495 e. The molecular formula is C13H19BO6. The summed E-state index contributed by atoms with van der Waals surface area (Å²) in [5.74, 6) is 0.0505. The summed E-state index contributed by atoms with van der Waals surface area (Å²) >= 11 is 0. The van der Waals surface area contributed by atoms with E-state index < -0.39 is 31.3 Å². The number of carbonyl (C=O) groups excluding carboxylic acids is 2. The maximum atomic E-state index is 11.9. The van der Waals surface area contributed by atoms with Crippen LogP contribution < -0.4 is 0 Å². The predicted molar refractivity (Wildman–Crippen MR) is 71.7 cm³/mol. The van der Waals surface area contributed by atoms with Crippen molar-refractivity contribution in [2.75, 3.05) is 0 Å². The lowest BCUT2D eigenvalue weighted by Gasteiger charge is -2.18. The first-order valence-corrected chi connectivity index (χ1v) is 6.43. The zero-order valence-corrected chi connectivity index (χ0v) is 12.1. The molecule has 1 heterocycles. The van der Waals surface area contributed by atoms with Gasteiger partial charge in [-0.2, -0.15) is 0 Å². The topological polar surface area (TPSA) is 71.1 Å². The minimum absolute atomic E-state index is 0.318. The molecule has 0 spiro atoms. The second kappa shape index (κ2) is 7.29. The van der Waals surface area contributed by atoms with Crippen molar-refractivity contribution in [2.45, 2.75) is 52.1 Å². The Morgan fingerprint density at radius 2 is 1.50 bits per heavy atom. The normalized spacial score (nSPS) is 21.8. The van der Waals surface area contributed by atoms with E-state index in [0.29, 0.717) is 0 Å². The molecule has 1 rings (SSSR count). The molecule has 0 unspecified atom stereocenters. The number of rotatable bonds is 5. The molecule has 0 radical (unpaired) electrons. The number of hydrogen-bond donors (Lipinski definition) is 0. The average Bonchev–Trinajstić information content (AvgIpc) is 2.72. The maximum Gasteiger partial charge on any atom is 0.495 e. The van der Waals surface area contributed by atoms with Gasteiger partial charge in [-0.3, -0.25) is 0 Å². The molecule has 6 nitrogen and oxygen atoms in total. The van der Waals surface area contributed by atoms with Crippen LogP contribution in [0.5, 0.6) is 0 Å². The molecule has 0 aliphatic carbocycles. The molecule has 20 heavy (non-hydrogen) atoms. The fourth-order valence-corrected chi connectivity index (χ4v) is 1.60. The number of hydrogen-bond acceptors (Lipinski definition) is 6. The van der Waals surface area contributed by atoms with E-state index in [1.54, 1.807) is 27.7 Å². The quantitative estimate of drug-likeness (QED) is 0.426. The molecule has 0 saturated carbocycles. The molecule has 1 aliphatic rings. The lowest BCUT2D eigenvalue weighted by molar-refractivity contribution is -0.167. The first-order valence-electron chi connectivity index (χ1n) is 6.43. The van der Waals surface area contributed by atoms with Crippen LogP contribution in [0, 0.1) is 0 Å². The minimum Gasteiger partial charge on any atom is -0.461 e. The Hall–Kier alpha value is -1.56. The monoisotopic (exact) mass is 282 g/mol. The summed E-state index contributed by atoms with van der Waals surface area (Å²) in [5, 5.41) is 0. The van der Waals surface area contributed by atoms with E-state index in [1.165, 1.54) is 5.98 Å². The molecular weight excluding hydrogens is 263 g/mol. The Kier molecular flexibility index (Phi) is 6.01. The number of esters is 2. The van der Waals surface area contributed by atoms with Gasteiger partial charge in [0.2, 0.25) is 0 Å². The lowest BCUT2D eigenvalue weighted by atomic mass is 9.91. The van der Waals surface area contributed by atoms with E-state index in [9.17, 15) is 9.59 Å². The second-order valence-corrected chi connectivity index (χ2v) is 4.82. The van der Waals surface area contributed by atoms with Crippen molar-refractivity contribution in [3.8, 4) is 0 Å². The zero-order valence-electron chi connectivity index (χ0n) is 12.1. The smallest absolute Gasteiger partial charge is 0.461 e. The van der Waals surface area contributed by atoms with E-state index in [1.807, 2.05) is 0 Å². The highest BCUT2D eigenvalue weighted by molar-refractivity contribution is 6.52. The summed E-state index contributed by atoms with van der Waals surface area (Å²) in [5.41, 5.74) is 2.48. The summed E-state index contributed by atoms with van der Waals surface area (Å²) in [6.07, 6.45) is -2.94. The van der Waals surface area contributed by atoms with Crippen LogP contribution in [0.2, 0.25) is 0 Å². The van der Waals surface area contributed by atoms with Crippen molar-refractivity contribution in [3.05, 3.63) is 18.3 Å². The van der Waals surface area contributed by atoms with Crippen molar-refractivity contribution >= 4 is 19.1 Å². The van der Waals surface area contributed by atoms with Crippen LogP contribution >= 0.6 is 0 Å². The molecule has 7 heteroatoms. The molecule has 1 fully saturated rings. The van der Waals surface area contributed by atoms with E-state index in [-0.39, 0.29) is 12.2 Å². The Morgan fingerprint density at radius 3 is 1.80 bits per heavy atom. The maximum absolute atomic E-state index is 11.9. The van der Waals surface area contributed by atoms with Crippen molar-refractivity contribution in [1.29, 1.82) is 0 Å². The van der Waals surface area contributed by atoms with Gasteiger partial charge in [-0.05, 0) is 33.7 Å². The van der Waals surface area contributed by atoms with Crippen molar-refractivity contribution in [1.82, 2.24) is 0 Å². The third-order valence-corrected chi connectivity index (χ3v) is 2.26. The molecule has 0 N–H and O–H groups in total. The van der Waals surface area contributed by atoms with Crippen molar-refractivity contribution in [3.63, 3.8) is 0 Å². The zero-order chi connectivity index (χ0) is 15.3. The van der Waals surface area contributed by atoms with Gasteiger partial charge in [0.25, 0.3) is 0 Å². The summed E-state index contributed by atoms with van der Waals surface area (Å²) < 4.78 is 20.7. The second-order valence-electron chi connectivity index (χ2n) is 4.82. The first-order chi connectivity index (χ1) is 9.35. The van der Waals surface area contributed by atoms with Gasteiger partial charge in [0.05, 0.1) is 12.2 Å². The van der Waals surface area contributed by atoms with E-state index >= 15 is 0 Å². The summed E-state index contributed by atoms with van der Waals surface area (Å²) in [6.45, 7) is 10.2. The van der Waals surface area contributed by atoms with Gasteiger partial charge in [0, 0.05) is 0 Å². The fraction of sp³-hybridized carbons (Fsp3) is 0.615. The highest BCUT2D eigenvalue weighted by Gasteiger charge is 2.48. The van der Waals surface area contributed by atoms with Gasteiger partial charge in [-0.25, -0.2) is 9.59 Å². The highest BCUT2D eigenvalue weighted by atomic mass is 16.7. The van der Waals surface area contributed by atoms with Crippen molar-refractivity contribution < 1.29 is 28.4 Å². The van der Waals surface area contributed by atoms with Crippen LogP contribution in [-0.2, 0) is 28.4 Å². The molecule has 1 saturated heterocycles. The number of carbonyl (C=O) groups is 2. The molecule has 0 aromatic heterocycles. The Balaban J connectivity index is 2.83. The van der Waals surface area contributed by atoms with E-state index in [2.05, 4.69) is 12.3 Å². The molecule has 1 aliphatic heterocycles. The Bertz CT molecular complexity index is 383. The minimum atomic E-state index is -1.15. The van der Waals surface area contributed by atoms with Crippen LogP contribution in [-0.4, -0.2) is 43.5 Å². The van der Waals surface area contributed by atoms with Gasteiger partial charge in [0.1, 0.15) is 0 Å². The van der Waals surface area contributed by atoms with Crippen LogP contribution in [0.1, 0.15) is 27.7 Å². The Labute approximate surface area is 118 Å². The molecule has 0 amide bonds. The Morgan fingerprint density at radius 1 is 1.10 bits per heavy atom.